The Bertz CT molecular complexity index is 1210. The Morgan fingerprint density at radius 3 is 2.65 bits per heavy atom. The first-order chi connectivity index (χ1) is 12.5. The minimum atomic E-state index is -0.587. The van der Waals surface area contributed by atoms with Crippen molar-refractivity contribution in [2.45, 2.75) is 0 Å². The molecule has 4 rings (SSSR count). The molecule has 0 fully saturated rings. The molecule has 0 unspecified atom stereocenters. The molecule has 0 radical (unpaired) electrons. The van der Waals surface area contributed by atoms with E-state index in [1.165, 1.54) is 41.9 Å². The van der Waals surface area contributed by atoms with Crippen LogP contribution in [0.15, 0.2) is 51.8 Å². The molecule has 0 aliphatic heterocycles. The topological polar surface area (TPSA) is 81.2 Å². The van der Waals surface area contributed by atoms with Gasteiger partial charge < -0.3 is 14.2 Å². The van der Waals surface area contributed by atoms with Crippen LogP contribution in [0.2, 0.25) is 0 Å². The Kier molecular flexibility index (Phi) is 3.54. The van der Waals surface area contributed by atoms with E-state index in [1.807, 2.05) is 0 Å². The highest BCUT2D eigenvalue weighted by Gasteiger charge is 2.22. The minimum Gasteiger partial charge on any atom is -0.506 e. The number of aromatic nitrogens is 3. The van der Waals surface area contributed by atoms with Gasteiger partial charge in [-0.05, 0) is 30.3 Å². The van der Waals surface area contributed by atoms with Gasteiger partial charge in [-0.1, -0.05) is 17.3 Å². The minimum absolute atomic E-state index is 0.0558. The first kappa shape index (κ1) is 15.9. The number of aryl methyl sites for hydroxylation is 1. The van der Waals surface area contributed by atoms with Gasteiger partial charge in [-0.25, -0.2) is 8.78 Å². The van der Waals surface area contributed by atoms with Gasteiger partial charge in [-0.2, -0.15) is 4.98 Å². The van der Waals surface area contributed by atoms with E-state index < -0.39 is 22.9 Å². The first-order valence-corrected chi connectivity index (χ1v) is 7.57. The maximum Gasteiger partial charge on any atom is 0.267 e. The maximum atomic E-state index is 13.6. The van der Waals surface area contributed by atoms with E-state index in [0.717, 1.165) is 6.07 Å². The second-order valence-corrected chi connectivity index (χ2v) is 5.68. The summed E-state index contributed by atoms with van der Waals surface area (Å²) >= 11 is 0. The number of nitrogens with zero attached hydrogens (tertiary/aromatic N) is 3. The molecule has 0 atom stereocenters. The van der Waals surface area contributed by atoms with Gasteiger partial charge in [-0.15, -0.1) is 0 Å². The molecule has 0 saturated heterocycles. The Morgan fingerprint density at radius 1 is 1.12 bits per heavy atom. The monoisotopic (exact) mass is 355 g/mol. The quantitative estimate of drug-likeness (QED) is 0.597. The Balaban J connectivity index is 1.94. The summed E-state index contributed by atoms with van der Waals surface area (Å²) in [7, 11) is 1.48. The van der Waals surface area contributed by atoms with Crippen LogP contribution in [-0.4, -0.2) is 19.8 Å². The van der Waals surface area contributed by atoms with Crippen LogP contribution in [0.1, 0.15) is 0 Å². The predicted molar refractivity (Wildman–Crippen MR) is 89.5 cm³/mol. The van der Waals surface area contributed by atoms with Crippen molar-refractivity contribution in [3.8, 4) is 28.6 Å². The van der Waals surface area contributed by atoms with Crippen molar-refractivity contribution in [2.24, 2.45) is 7.05 Å². The summed E-state index contributed by atoms with van der Waals surface area (Å²) in [6, 6.07) is 9.22. The van der Waals surface area contributed by atoms with Crippen LogP contribution in [0.25, 0.3) is 33.7 Å². The molecule has 0 saturated carbocycles. The number of aromatic hydroxyl groups is 1. The normalized spacial score (nSPS) is 11.2. The van der Waals surface area contributed by atoms with E-state index in [4.69, 9.17) is 4.52 Å². The van der Waals surface area contributed by atoms with Crippen molar-refractivity contribution in [1.29, 1.82) is 0 Å². The van der Waals surface area contributed by atoms with Crippen LogP contribution < -0.4 is 5.56 Å². The zero-order chi connectivity index (χ0) is 18.4. The SMILES string of the molecule is Cn1c(=O)c(-c2nc(-c3cccc(F)c3)no2)c(O)c2cc(F)ccc21. The van der Waals surface area contributed by atoms with Crippen molar-refractivity contribution < 1.29 is 18.4 Å². The fourth-order valence-corrected chi connectivity index (χ4v) is 2.77. The predicted octanol–water partition coefficient (Wildman–Crippen LogP) is 3.24. The van der Waals surface area contributed by atoms with Crippen LogP contribution in [-0.2, 0) is 7.05 Å². The van der Waals surface area contributed by atoms with Gasteiger partial charge in [0.15, 0.2) is 0 Å². The molecule has 0 spiro atoms. The van der Waals surface area contributed by atoms with Crippen LogP contribution in [0.5, 0.6) is 5.75 Å². The fraction of sp³-hybridized carbons (Fsp3) is 0.0556. The lowest BCUT2D eigenvalue weighted by Gasteiger charge is -2.09. The Morgan fingerprint density at radius 2 is 1.88 bits per heavy atom. The van der Waals surface area contributed by atoms with Gasteiger partial charge in [0, 0.05) is 18.0 Å². The molecular weight excluding hydrogens is 344 g/mol. The second kappa shape index (κ2) is 5.76. The highest BCUT2D eigenvalue weighted by Crippen LogP contribution is 2.33. The molecule has 6 nitrogen and oxygen atoms in total. The van der Waals surface area contributed by atoms with Gasteiger partial charge in [0.1, 0.15) is 22.9 Å². The number of fused-ring (bicyclic) bond motifs is 1. The van der Waals surface area contributed by atoms with Gasteiger partial charge >= 0.3 is 0 Å². The molecule has 0 aliphatic carbocycles. The van der Waals surface area contributed by atoms with Gasteiger partial charge in [0.2, 0.25) is 5.82 Å². The molecule has 1 N–H and O–H groups in total. The third-order valence-corrected chi connectivity index (χ3v) is 4.05. The highest BCUT2D eigenvalue weighted by atomic mass is 19.1. The first-order valence-electron chi connectivity index (χ1n) is 7.57. The zero-order valence-electron chi connectivity index (χ0n) is 13.4. The second-order valence-electron chi connectivity index (χ2n) is 5.68. The van der Waals surface area contributed by atoms with E-state index in [9.17, 15) is 18.7 Å². The molecule has 2 aromatic heterocycles. The third kappa shape index (κ3) is 2.43. The van der Waals surface area contributed by atoms with Crippen LogP contribution in [0.3, 0.4) is 0 Å². The number of benzene rings is 2. The molecular formula is C18H11F2N3O3. The lowest BCUT2D eigenvalue weighted by molar-refractivity contribution is 0.425. The molecule has 8 heteroatoms. The van der Waals surface area contributed by atoms with Gasteiger partial charge in [0.25, 0.3) is 11.4 Å². The van der Waals surface area contributed by atoms with E-state index in [2.05, 4.69) is 10.1 Å². The van der Waals surface area contributed by atoms with Crippen LogP contribution in [0.4, 0.5) is 8.78 Å². The fourth-order valence-electron chi connectivity index (χ4n) is 2.77. The average Bonchev–Trinajstić information content (AvgIpc) is 3.10. The summed E-state index contributed by atoms with van der Waals surface area (Å²) < 4.78 is 33.3. The summed E-state index contributed by atoms with van der Waals surface area (Å²) in [6.07, 6.45) is 0. The lowest BCUT2D eigenvalue weighted by Crippen LogP contribution is -2.19. The number of halogens is 2. The largest absolute Gasteiger partial charge is 0.506 e. The van der Waals surface area contributed by atoms with E-state index >= 15 is 0 Å². The third-order valence-electron chi connectivity index (χ3n) is 4.05. The Hall–Kier alpha value is -3.55. The van der Waals surface area contributed by atoms with Crippen molar-refractivity contribution >= 4 is 10.9 Å². The van der Waals surface area contributed by atoms with Gasteiger partial charge in [0.05, 0.1) is 5.52 Å². The summed E-state index contributed by atoms with van der Waals surface area (Å²) in [5.74, 6) is -1.69. The number of hydrogen-bond acceptors (Lipinski definition) is 5. The summed E-state index contributed by atoms with van der Waals surface area (Å²) in [6.45, 7) is 0. The van der Waals surface area contributed by atoms with Crippen LogP contribution >= 0.6 is 0 Å². The lowest BCUT2D eigenvalue weighted by atomic mass is 10.1. The van der Waals surface area contributed by atoms with E-state index in [0.29, 0.717) is 11.1 Å². The summed E-state index contributed by atoms with van der Waals surface area (Å²) in [5, 5.41) is 14.3. The molecule has 26 heavy (non-hydrogen) atoms. The van der Waals surface area contributed by atoms with Crippen molar-refractivity contribution in [2.75, 3.05) is 0 Å². The molecule has 4 aromatic rings. The standard InChI is InChI=1S/C18H11F2N3O3/c1-23-13-6-5-11(20)8-12(13)15(24)14(18(23)25)17-21-16(22-26-17)9-3-2-4-10(19)7-9/h2-8,24H,1H3. The van der Waals surface area contributed by atoms with Crippen molar-refractivity contribution in [1.82, 2.24) is 14.7 Å². The number of rotatable bonds is 2. The summed E-state index contributed by atoms with van der Waals surface area (Å²) in [5.41, 5.74) is -0.137. The molecule has 0 bridgehead atoms. The molecule has 2 heterocycles. The molecule has 0 amide bonds. The molecule has 2 aromatic carbocycles. The van der Waals surface area contributed by atoms with E-state index in [1.54, 1.807) is 6.07 Å². The smallest absolute Gasteiger partial charge is 0.267 e. The molecule has 130 valence electrons. The summed E-state index contributed by atoms with van der Waals surface area (Å²) in [4.78, 5) is 16.7. The number of pyridine rings is 1. The average molecular weight is 355 g/mol. The van der Waals surface area contributed by atoms with Crippen molar-refractivity contribution in [3.63, 3.8) is 0 Å². The van der Waals surface area contributed by atoms with Gasteiger partial charge in [-0.3, -0.25) is 4.79 Å². The maximum absolute atomic E-state index is 13.6. The highest BCUT2D eigenvalue weighted by molar-refractivity contribution is 5.91. The molecule has 0 aliphatic rings. The van der Waals surface area contributed by atoms with Crippen LogP contribution in [0, 0.1) is 11.6 Å². The Labute approximate surface area is 144 Å². The zero-order valence-corrected chi connectivity index (χ0v) is 13.4. The number of hydrogen-bond donors (Lipinski definition) is 1. The van der Waals surface area contributed by atoms with E-state index in [-0.39, 0.29) is 22.7 Å². The van der Waals surface area contributed by atoms with Crippen molar-refractivity contribution in [3.05, 3.63) is 64.5 Å².